The summed E-state index contributed by atoms with van der Waals surface area (Å²) in [6.07, 6.45) is 0.289. The van der Waals surface area contributed by atoms with Crippen LogP contribution in [-0.4, -0.2) is 33.4 Å². The topological polar surface area (TPSA) is 93.5 Å². The van der Waals surface area contributed by atoms with Crippen molar-refractivity contribution >= 4 is 11.9 Å². The lowest BCUT2D eigenvalue weighted by molar-refractivity contribution is -0.137. The van der Waals surface area contributed by atoms with Crippen LogP contribution in [0.5, 0.6) is 5.75 Å². The van der Waals surface area contributed by atoms with Crippen LogP contribution in [0.25, 0.3) is 0 Å². The van der Waals surface area contributed by atoms with Gasteiger partial charge in [-0.2, -0.15) is 5.10 Å². The van der Waals surface area contributed by atoms with Crippen molar-refractivity contribution in [1.82, 2.24) is 15.1 Å². The standard InChI is InChI=1S/C18H23N3O4/c1-12-18(13(2)21(3)20-12)25-11-16(22)19-15(9-10-17(23)24)14-7-5-4-6-8-14/h4-8,15H,9-11H2,1-3H3,(H,19,22)(H,23,24). The average molecular weight is 345 g/mol. The second kappa shape index (κ2) is 8.32. The van der Waals surface area contributed by atoms with Gasteiger partial charge >= 0.3 is 5.97 Å². The number of carbonyl (C=O) groups is 2. The number of carboxylic acid groups (broad SMARTS) is 1. The normalized spacial score (nSPS) is 11.8. The van der Waals surface area contributed by atoms with Crippen LogP contribution in [0.2, 0.25) is 0 Å². The molecule has 7 heteroatoms. The Morgan fingerprint density at radius 1 is 1.28 bits per heavy atom. The number of nitrogens with one attached hydrogen (secondary N) is 1. The van der Waals surface area contributed by atoms with Crippen molar-refractivity contribution < 1.29 is 19.4 Å². The summed E-state index contributed by atoms with van der Waals surface area (Å²) in [5, 5.41) is 16.0. The summed E-state index contributed by atoms with van der Waals surface area (Å²) in [5.41, 5.74) is 2.43. The second-order valence-corrected chi connectivity index (χ2v) is 5.88. The van der Waals surface area contributed by atoms with Gasteiger partial charge in [0.2, 0.25) is 0 Å². The molecule has 0 saturated carbocycles. The van der Waals surface area contributed by atoms with Crippen LogP contribution in [-0.2, 0) is 16.6 Å². The van der Waals surface area contributed by atoms with E-state index in [2.05, 4.69) is 10.4 Å². The molecule has 134 valence electrons. The van der Waals surface area contributed by atoms with Crippen LogP contribution in [0.4, 0.5) is 0 Å². The molecule has 0 bridgehead atoms. The van der Waals surface area contributed by atoms with Crippen LogP contribution >= 0.6 is 0 Å². The maximum atomic E-state index is 12.3. The lowest BCUT2D eigenvalue weighted by Crippen LogP contribution is -2.33. The van der Waals surface area contributed by atoms with Gasteiger partial charge in [-0.25, -0.2) is 0 Å². The molecule has 1 unspecified atom stereocenters. The third-order valence-electron chi connectivity index (χ3n) is 3.97. The highest BCUT2D eigenvalue weighted by Crippen LogP contribution is 2.22. The zero-order chi connectivity index (χ0) is 18.4. The SMILES string of the molecule is Cc1nn(C)c(C)c1OCC(=O)NC(CCC(=O)O)c1ccccc1. The highest BCUT2D eigenvalue weighted by atomic mass is 16.5. The zero-order valence-corrected chi connectivity index (χ0v) is 14.7. The molecular formula is C18H23N3O4. The van der Waals surface area contributed by atoms with E-state index >= 15 is 0 Å². The molecule has 0 aliphatic heterocycles. The Hall–Kier alpha value is -2.83. The molecule has 0 aliphatic carbocycles. The van der Waals surface area contributed by atoms with Crippen molar-refractivity contribution in [2.75, 3.05) is 6.61 Å². The van der Waals surface area contributed by atoms with Crippen LogP contribution in [0.15, 0.2) is 30.3 Å². The van der Waals surface area contributed by atoms with Gasteiger partial charge in [0, 0.05) is 13.5 Å². The number of aliphatic carboxylic acids is 1. The molecule has 1 amide bonds. The molecule has 0 spiro atoms. The van der Waals surface area contributed by atoms with Crippen molar-refractivity contribution in [2.45, 2.75) is 32.7 Å². The fourth-order valence-electron chi connectivity index (χ4n) is 2.61. The molecular weight excluding hydrogens is 322 g/mol. The molecule has 0 radical (unpaired) electrons. The molecule has 1 aromatic carbocycles. The summed E-state index contributed by atoms with van der Waals surface area (Å²) in [4.78, 5) is 23.1. The molecule has 0 fully saturated rings. The summed E-state index contributed by atoms with van der Waals surface area (Å²) in [7, 11) is 1.81. The number of nitrogens with zero attached hydrogens (tertiary/aromatic N) is 2. The molecule has 25 heavy (non-hydrogen) atoms. The smallest absolute Gasteiger partial charge is 0.303 e. The highest BCUT2D eigenvalue weighted by molar-refractivity contribution is 5.78. The summed E-state index contributed by atoms with van der Waals surface area (Å²) in [5.74, 6) is -0.602. The lowest BCUT2D eigenvalue weighted by Gasteiger charge is -2.18. The number of rotatable bonds is 8. The van der Waals surface area contributed by atoms with Gasteiger partial charge in [-0.15, -0.1) is 0 Å². The van der Waals surface area contributed by atoms with Gasteiger partial charge in [-0.3, -0.25) is 14.3 Å². The first-order valence-corrected chi connectivity index (χ1v) is 8.07. The minimum atomic E-state index is -0.895. The van der Waals surface area contributed by atoms with Gasteiger partial charge in [0.05, 0.1) is 11.7 Å². The van der Waals surface area contributed by atoms with Crippen molar-refractivity contribution in [2.24, 2.45) is 7.05 Å². The number of hydrogen-bond acceptors (Lipinski definition) is 4. The van der Waals surface area contributed by atoms with Gasteiger partial charge in [0.25, 0.3) is 5.91 Å². The van der Waals surface area contributed by atoms with Crippen LogP contribution in [0.3, 0.4) is 0 Å². The third-order valence-corrected chi connectivity index (χ3v) is 3.97. The largest absolute Gasteiger partial charge is 0.481 e. The predicted octanol–water partition coefficient (Wildman–Crippen LogP) is 2.14. The first-order valence-electron chi connectivity index (χ1n) is 8.07. The van der Waals surface area contributed by atoms with E-state index in [1.807, 2.05) is 51.2 Å². The maximum Gasteiger partial charge on any atom is 0.303 e. The Morgan fingerprint density at radius 3 is 2.52 bits per heavy atom. The van der Waals surface area contributed by atoms with E-state index < -0.39 is 5.97 Å². The van der Waals surface area contributed by atoms with Gasteiger partial charge < -0.3 is 15.2 Å². The van der Waals surface area contributed by atoms with E-state index in [-0.39, 0.29) is 25.0 Å². The molecule has 1 heterocycles. The zero-order valence-electron chi connectivity index (χ0n) is 14.7. The number of ether oxygens (including phenoxy) is 1. The van der Waals surface area contributed by atoms with E-state index in [1.54, 1.807) is 4.68 Å². The minimum absolute atomic E-state index is 0.0263. The van der Waals surface area contributed by atoms with Gasteiger partial charge in [-0.1, -0.05) is 30.3 Å². The van der Waals surface area contributed by atoms with E-state index in [9.17, 15) is 9.59 Å². The monoisotopic (exact) mass is 345 g/mol. The van der Waals surface area contributed by atoms with Crippen molar-refractivity contribution in [3.63, 3.8) is 0 Å². The van der Waals surface area contributed by atoms with Gasteiger partial charge in [0.1, 0.15) is 5.69 Å². The summed E-state index contributed by atoms with van der Waals surface area (Å²) >= 11 is 0. The summed E-state index contributed by atoms with van der Waals surface area (Å²) in [6, 6.07) is 8.94. The summed E-state index contributed by atoms with van der Waals surface area (Å²) < 4.78 is 7.30. The molecule has 2 rings (SSSR count). The Kier molecular flexibility index (Phi) is 6.16. The quantitative estimate of drug-likeness (QED) is 0.764. The second-order valence-electron chi connectivity index (χ2n) is 5.88. The average Bonchev–Trinajstić information content (AvgIpc) is 2.82. The van der Waals surface area contributed by atoms with E-state index in [0.717, 1.165) is 17.0 Å². The first-order chi connectivity index (χ1) is 11.9. The van der Waals surface area contributed by atoms with Crippen molar-refractivity contribution in [3.8, 4) is 5.75 Å². The lowest BCUT2D eigenvalue weighted by atomic mass is 10.0. The fraction of sp³-hybridized carbons (Fsp3) is 0.389. The van der Waals surface area contributed by atoms with Crippen LogP contribution < -0.4 is 10.1 Å². The molecule has 2 N–H and O–H groups in total. The molecule has 0 saturated heterocycles. The van der Waals surface area contributed by atoms with Crippen LogP contribution in [0, 0.1) is 13.8 Å². The molecule has 7 nitrogen and oxygen atoms in total. The number of benzene rings is 1. The highest BCUT2D eigenvalue weighted by Gasteiger charge is 2.18. The minimum Gasteiger partial charge on any atom is -0.481 e. The Balaban J connectivity index is 2.00. The fourth-order valence-corrected chi connectivity index (χ4v) is 2.61. The Bertz CT molecular complexity index is 740. The Labute approximate surface area is 146 Å². The number of aromatic nitrogens is 2. The van der Waals surface area contributed by atoms with Crippen molar-refractivity contribution in [1.29, 1.82) is 0 Å². The van der Waals surface area contributed by atoms with Gasteiger partial charge in [-0.05, 0) is 25.8 Å². The van der Waals surface area contributed by atoms with E-state index in [1.165, 1.54) is 0 Å². The number of carboxylic acids is 1. The number of aryl methyl sites for hydroxylation is 2. The molecule has 1 atom stereocenters. The number of carbonyl (C=O) groups excluding carboxylic acids is 1. The number of amides is 1. The van der Waals surface area contributed by atoms with Gasteiger partial charge in [0.15, 0.2) is 12.4 Å². The Morgan fingerprint density at radius 2 is 1.96 bits per heavy atom. The number of hydrogen-bond donors (Lipinski definition) is 2. The molecule has 0 aliphatic rings. The third kappa shape index (κ3) is 5.07. The molecule has 2 aromatic rings. The van der Waals surface area contributed by atoms with E-state index in [4.69, 9.17) is 9.84 Å². The first kappa shape index (κ1) is 18.5. The maximum absolute atomic E-state index is 12.3. The summed E-state index contributed by atoms with van der Waals surface area (Å²) in [6.45, 7) is 3.54. The predicted molar refractivity (Wildman–Crippen MR) is 92.4 cm³/mol. The van der Waals surface area contributed by atoms with Crippen LogP contribution in [0.1, 0.15) is 35.8 Å². The van der Waals surface area contributed by atoms with E-state index in [0.29, 0.717) is 12.2 Å². The van der Waals surface area contributed by atoms with Crippen molar-refractivity contribution in [3.05, 3.63) is 47.3 Å². The molecule has 1 aromatic heterocycles.